The molecule has 0 fully saturated rings. The standard InChI is InChI=1S/C16H26N2O3/c1-20-11-6-9-18(10-12-21-2)16(19)15(17)13-14-7-4-3-5-8-14/h3-5,7-8,15H,6,9-13,17H2,1-2H3. The molecule has 2 N–H and O–H groups in total. The minimum atomic E-state index is -0.521. The minimum Gasteiger partial charge on any atom is -0.385 e. The fourth-order valence-corrected chi connectivity index (χ4v) is 2.12. The van der Waals surface area contributed by atoms with Crippen molar-refractivity contribution < 1.29 is 14.3 Å². The number of hydrogen-bond acceptors (Lipinski definition) is 4. The predicted octanol–water partition coefficient (Wildman–Crippen LogP) is 1.07. The van der Waals surface area contributed by atoms with Gasteiger partial charge in [0.1, 0.15) is 0 Å². The van der Waals surface area contributed by atoms with Gasteiger partial charge >= 0.3 is 0 Å². The van der Waals surface area contributed by atoms with Gasteiger partial charge in [-0.05, 0) is 18.4 Å². The quantitative estimate of drug-likeness (QED) is 0.656. The van der Waals surface area contributed by atoms with Gasteiger partial charge in [0.25, 0.3) is 0 Å². The fraction of sp³-hybridized carbons (Fsp3) is 0.562. The van der Waals surface area contributed by atoms with E-state index in [1.165, 1.54) is 0 Å². The van der Waals surface area contributed by atoms with Crippen LogP contribution in [-0.4, -0.2) is 57.4 Å². The first-order valence-corrected chi connectivity index (χ1v) is 7.25. The maximum Gasteiger partial charge on any atom is 0.239 e. The number of amides is 1. The van der Waals surface area contributed by atoms with E-state index in [1.807, 2.05) is 30.3 Å². The van der Waals surface area contributed by atoms with Gasteiger partial charge in [-0.15, -0.1) is 0 Å². The van der Waals surface area contributed by atoms with Crippen molar-refractivity contribution in [1.29, 1.82) is 0 Å². The van der Waals surface area contributed by atoms with Crippen LogP contribution in [0.25, 0.3) is 0 Å². The molecule has 1 atom stereocenters. The van der Waals surface area contributed by atoms with Crippen molar-refractivity contribution in [3.63, 3.8) is 0 Å². The summed E-state index contributed by atoms with van der Waals surface area (Å²) in [6.45, 7) is 2.33. The number of rotatable bonds is 10. The molecule has 0 aliphatic rings. The van der Waals surface area contributed by atoms with Crippen molar-refractivity contribution in [3.05, 3.63) is 35.9 Å². The maximum atomic E-state index is 12.5. The average molecular weight is 294 g/mol. The van der Waals surface area contributed by atoms with Crippen LogP contribution in [0, 0.1) is 0 Å². The van der Waals surface area contributed by atoms with Crippen LogP contribution in [0.2, 0.25) is 0 Å². The summed E-state index contributed by atoms with van der Waals surface area (Å²) in [5.74, 6) is -0.0352. The van der Waals surface area contributed by atoms with E-state index < -0.39 is 6.04 Å². The van der Waals surface area contributed by atoms with E-state index in [2.05, 4.69) is 0 Å². The van der Waals surface area contributed by atoms with Crippen molar-refractivity contribution in [2.24, 2.45) is 5.73 Å². The molecule has 0 heterocycles. The molecule has 0 aliphatic heterocycles. The zero-order valence-electron chi connectivity index (χ0n) is 13.0. The Hall–Kier alpha value is -1.43. The molecular weight excluding hydrogens is 268 g/mol. The third-order valence-corrected chi connectivity index (χ3v) is 3.27. The zero-order chi connectivity index (χ0) is 15.5. The summed E-state index contributed by atoms with van der Waals surface area (Å²) in [6.07, 6.45) is 1.34. The number of benzene rings is 1. The fourth-order valence-electron chi connectivity index (χ4n) is 2.12. The second kappa shape index (κ2) is 10.3. The number of hydrogen-bond donors (Lipinski definition) is 1. The van der Waals surface area contributed by atoms with Crippen molar-refractivity contribution in [1.82, 2.24) is 4.90 Å². The molecule has 5 nitrogen and oxygen atoms in total. The molecule has 0 bridgehead atoms. The molecule has 21 heavy (non-hydrogen) atoms. The largest absolute Gasteiger partial charge is 0.385 e. The molecule has 0 saturated carbocycles. The monoisotopic (exact) mass is 294 g/mol. The van der Waals surface area contributed by atoms with Crippen LogP contribution in [0.4, 0.5) is 0 Å². The Balaban J connectivity index is 2.55. The Morgan fingerprint density at radius 3 is 2.43 bits per heavy atom. The van der Waals surface area contributed by atoms with E-state index in [1.54, 1.807) is 19.1 Å². The number of nitrogens with two attached hydrogens (primary N) is 1. The lowest BCUT2D eigenvalue weighted by atomic mass is 10.1. The Morgan fingerprint density at radius 1 is 1.14 bits per heavy atom. The number of nitrogens with zero attached hydrogens (tertiary/aromatic N) is 1. The van der Waals surface area contributed by atoms with Crippen molar-refractivity contribution in [2.75, 3.05) is 40.5 Å². The Bertz CT molecular complexity index is 398. The lowest BCUT2D eigenvalue weighted by Gasteiger charge is -2.25. The first-order valence-electron chi connectivity index (χ1n) is 7.25. The van der Waals surface area contributed by atoms with Crippen LogP contribution in [-0.2, 0) is 20.7 Å². The van der Waals surface area contributed by atoms with Crippen molar-refractivity contribution in [2.45, 2.75) is 18.9 Å². The molecule has 0 saturated heterocycles. The van der Waals surface area contributed by atoms with Gasteiger partial charge in [0.2, 0.25) is 5.91 Å². The van der Waals surface area contributed by atoms with Crippen LogP contribution in [0.5, 0.6) is 0 Å². The first-order chi connectivity index (χ1) is 10.2. The van der Waals surface area contributed by atoms with Gasteiger partial charge in [0.05, 0.1) is 12.6 Å². The summed E-state index contributed by atoms with van der Waals surface area (Å²) >= 11 is 0. The van der Waals surface area contributed by atoms with Crippen LogP contribution in [0.15, 0.2) is 30.3 Å². The van der Waals surface area contributed by atoms with Gasteiger partial charge in [-0.2, -0.15) is 0 Å². The van der Waals surface area contributed by atoms with Gasteiger partial charge in [-0.1, -0.05) is 30.3 Å². The number of carbonyl (C=O) groups is 1. The highest BCUT2D eigenvalue weighted by molar-refractivity contribution is 5.82. The molecule has 1 amide bonds. The summed E-state index contributed by atoms with van der Waals surface area (Å²) in [6, 6.07) is 9.30. The van der Waals surface area contributed by atoms with Crippen LogP contribution in [0.1, 0.15) is 12.0 Å². The molecule has 1 unspecified atom stereocenters. The molecule has 1 aromatic rings. The number of methoxy groups -OCH3 is 2. The molecule has 0 spiro atoms. The topological polar surface area (TPSA) is 64.8 Å². The molecule has 1 aromatic carbocycles. The highest BCUT2D eigenvalue weighted by Gasteiger charge is 2.20. The third kappa shape index (κ3) is 6.71. The summed E-state index contributed by atoms with van der Waals surface area (Å²) in [5, 5.41) is 0. The predicted molar refractivity (Wildman–Crippen MR) is 83.1 cm³/mol. The average Bonchev–Trinajstić information content (AvgIpc) is 2.51. The van der Waals surface area contributed by atoms with E-state index in [9.17, 15) is 4.79 Å². The summed E-state index contributed by atoms with van der Waals surface area (Å²) in [5.41, 5.74) is 7.13. The van der Waals surface area contributed by atoms with E-state index >= 15 is 0 Å². The Kier molecular flexibility index (Phi) is 8.66. The minimum absolute atomic E-state index is 0.0352. The highest BCUT2D eigenvalue weighted by Crippen LogP contribution is 2.05. The van der Waals surface area contributed by atoms with Crippen LogP contribution in [0.3, 0.4) is 0 Å². The van der Waals surface area contributed by atoms with E-state index in [0.717, 1.165) is 12.0 Å². The van der Waals surface area contributed by atoms with Crippen LogP contribution >= 0.6 is 0 Å². The van der Waals surface area contributed by atoms with E-state index in [-0.39, 0.29) is 5.91 Å². The summed E-state index contributed by atoms with van der Waals surface area (Å²) in [7, 11) is 3.28. The van der Waals surface area contributed by atoms with Gasteiger partial charge in [-0.3, -0.25) is 4.79 Å². The van der Waals surface area contributed by atoms with Crippen LogP contribution < -0.4 is 5.73 Å². The molecule has 1 rings (SSSR count). The maximum absolute atomic E-state index is 12.5. The lowest BCUT2D eigenvalue weighted by Crippen LogP contribution is -2.46. The molecule has 118 valence electrons. The first kappa shape index (κ1) is 17.6. The second-order valence-corrected chi connectivity index (χ2v) is 4.96. The van der Waals surface area contributed by atoms with Crippen molar-refractivity contribution in [3.8, 4) is 0 Å². The number of ether oxygens (including phenoxy) is 2. The normalized spacial score (nSPS) is 12.1. The molecule has 5 heteroatoms. The van der Waals surface area contributed by atoms with Crippen molar-refractivity contribution >= 4 is 5.91 Å². The van der Waals surface area contributed by atoms with Gasteiger partial charge in [0.15, 0.2) is 0 Å². The Labute approximate surface area is 127 Å². The van der Waals surface area contributed by atoms with Gasteiger partial charge in [0, 0.05) is 33.9 Å². The SMILES string of the molecule is COCCCN(CCOC)C(=O)C(N)Cc1ccccc1. The summed E-state index contributed by atoms with van der Waals surface area (Å²) in [4.78, 5) is 14.2. The lowest BCUT2D eigenvalue weighted by molar-refractivity contribution is -0.133. The molecule has 0 aromatic heterocycles. The molecule has 0 radical (unpaired) electrons. The summed E-state index contributed by atoms with van der Waals surface area (Å²) < 4.78 is 10.1. The zero-order valence-corrected chi connectivity index (χ0v) is 13.0. The third-order valence-electron chi connectivity index (χ3n) is 3.27. The van der Waals surface area contributed by atoms with E-state index in [4.69, 9.17) is 15.2 Å². The van der Waals surface area contributed by atoms with Gasteiger partial charge < -0.3 is 20.1 Å². The Morgan fingerprint density at radius 2 is 1.81 bits per heavy atom. The second-order valence-electron chi connectivity index (χ2n) is 4.96. The van der Waals surface area contributed by atoms with Gasteiger partial charge in [-0.25, -0.2) is 0 Å². The molecule has 0 aliphatic carbocycles. The smallest absolute Gasteiger partial charge is 0.239 e. The highest BCUT2D eigenvalue weighted by atomic mass is 16.5. The molecular formula is C16H26N2O3. The van der Waals surface area contributed by atoms with E-state index in [0.29, 0.717) is 32.7 Å². The number of carbonyl (C=O) groups excluding carboxylic acids is 1.